The van der Waals surface area contributed by atoms with E-state index in [2.05, 4.69) is 0 Å². The molecule has 3 rings (SSSR count). The number of carboxylic acids is 1. The van der Waals surface area contributed by atoms with Gasteiger partial charge in [-0.05, 0) is 36.6 Å². The Labute approximate surface area is 152 Å². The van der Waals surface area contributed by atoms with Gasteiger partial charge < -0.3 is 15.1 Å². The van der Waals surface area contributed by atoms with E-state index in [4.69, 9.17) is 5.11 Å². The molecule has 8 nitrogen and oxygen atoms in total. The SMILES string of the molecule is CS(=O)(=O)N1CCCc2cc(C(=O)N3CCC(O)(C(=O)O)CC3)ccc21. The van der Waals surface area contributed by atoms with Crippen molar-refractivity contribution in [3.05, 3.63) is 29.3 Å². The van der Waals surface area contributed by atoms with Gasteiger partial charge in [0.05, 0.1) is 11.9 Å². The van der Waals surface area contributed by atoms with Crippen molar-refractivity contribution in [2.75, 3.05) is 30.2 Å². The second kappa shape index (κ2) is 6.55. The highest BCUT2D eigenvalue weighted by molar-refractivity contribution is 7.92. The van der Waals surface area contributed by atoms with Crippen LogP contribution < -0.4 is 4.31 Å². The molecule has 1 aromatic rings. The molecule has 2 heterocycles. The van der Waals surface area contributed by atoms with Crippen molar-refractivity contribution in [1.82, 2.24) is 4.90 Å². The van der Waals surface area contributed by atoms with Crippen molar-refractivity contribution in [3.8, 4) is 0 Å². The van der Waals surface area contributed by atoms with E-state index in [0.717, 1.165) is 5.56 Å². The zero-order valence-corrected chi connectivity index (χ0v) is 15.3. The third-order valence-electron chi connectivity index (χ3n) is 5.08. The Hall–Kier alpha value is -2.13. The summed E-state index contributed by atoms with van der Waals surface area (Å²) < 4.78 is 25.2. The fourth-order valence-electron chi connectivity index (χ4n) is 3.52. The molecule has 2 aliphatic rings. The highest BCUT2D eigenvalue weighted by Gasteiger charge is 2.40. The molecule has 26 heavy (non-hydrogen) atoms. The standard InChI is InChI=1S/C17H22N2O6S/c1-26(24,25)19-8-2-3-12-11-13(4-5-14(12)19)15(20)18-9-6-17(23,7-10-18)16(21)22/h4-5,11,23H,2-3,6-10H2,1H3,(H,21,22). The maximum atomic E-state index is 12.7. The number of hydrogen-bond donors (Lipinski definition) is 2. The first-order valence-corrected chi connectivity index (χ1v) is 10.3. The molecule has 0 aliphatic carbocycles. The van der Waals surface area contributed by atoms with Gasteiger partial charge in [0, 0.05) is 38.0 Å². The van der Waals surface area contributed by atoms with Gasteiger partial charge in [-0.2, -0.15) is 0 Å². The minimum atomic E-state index is -3.36. The lowest BCUT2D eigenvalue weighted by Gasteiger charge is -2.35. The Morgan fingerprint density at radius 2 is 1.81 bits per heavy atom. The quantitative estimate of drug-likeness (QED) is 0.784. The van der Waals surface area contributed by atoms with Gasteiger partial charge in [-0.15, -0.1) is 0 Å². The number of aryl methyl sites for hydroxylation is 1. The lowest BCUT2D eigenvalue weighted by atomic mass is 9.91. The Balaban J connectivity index is 1.79. The molecule has 1 aromatic carbocycles. The van der Waals surface area contributed by atoms with E-state index in [9.17, 15) is 23.1 Å². The Morgan fingerprint density at radius 1 is 1.15 bits per heavy atom. The minimum Gasteiger partial charge on any atom is -0.479 e. The van der Waals surface area contributed by atoms with Crippen molar-refractivity contribution in [2.24, 2.45) is 0 Å². The van der Waals surface area contributed by atoms with Crippen molar-refractivity contribution in [1.29, 1.82) is 0 Å². The summed E-state index contributed by atoms with van der Waals surface area (Å²) >= 11 is 0. The number of likely N-dealkylation sites (tertiary alicyclic amines) is 1. The lowest BCUT2D eigenvalue weighted by Crippen LogP contribution is -2.50. The molecule has 2 N–H and O–H groups in total. The highest BCUT2D eigenvalue weighted by atomic mass is 32.2. The van der Waals surface area contributed by atoms with Gasteiger partial charge in [0.25, 0.3) is 5.91 Å². The monoisotopic (exact) mass is 382 g/mol. The number of carbonyl (C=O) groups is 2. The summed E-state index contributed by atoms with van der Waals surface area (Å²) in [7, 11) is -3.36. The van der Waals surface area contributed by atoms with Crippen LogP contribution in [0.3, 0.4) is 0 Å². The molecule has 0 radical (unpaired) electrons. The van der Waals surface area contributed by atoms with Gasteiger partial charge in [0.2, 0.25) is 10.0 Å². The zero-order chi connectivity index (χ0) is 19.1. The maximum absolute atomic E-state index is 12.7. The molecular formula is C17H22N2O6S. The number of amides is 1. The van der Waals surface area contributed by atoms with Crippen LogP contribution in [0.4, 0.5) is 5.69 Å². The van der Waals surface area contributed by atoms with Crippen LogP contribution in [0.5, 0.6) is 0 Å². The molecule has 0 atom stereocenters. The molecular weight excluding hydrogens is 360 g/mol. The van der Waals surface area contributed by atoms with Crippen molar-refractivity contribution in [2.45, 2.75) is 31.3 Å². The van der Waals surface area contributed by atoms with Crippen molar-refractivity contribution in [3.63, 3.8) is 0 Å². The van der Waals surface area contributed by atoms with Crippen LogP contribution in [0.15, 0.2) is 18.2 Å². The largest absolute Gasteiger partial charge is 0.479 e. The highest BCUT2D eigenvalue weighted by Crippen LogP contribution is 2.31. The van der Waals surface area contributed by atoms with E-state index in [1.54, 1.807) is 18.2 Å². The van der Waals surface area contributed by atoms with Crippen LogP contribution in [-0.2, 0) is 21.2 Å². The number of rotatable bonds is 3. The molecule has 0 unspecified atom stereocenters. The summed E-state index contributed by atoms with van der Waals surface area (Å²) in [6.07, 6.45) is 2.52. The third-order valence-corrected chi connectivity index (χ3v) is 6.26. The number of sulfonamides is 1. The maximum Gasteiger partial charge on any atom is 0.335 e. The second-order valence-corrected chi connectivity index (χ2v) is 8.82. The van der Waals surface area contributed by atoms with Crippen molar-refractivity contribution < 1.29 is 28.2 Å². The molecule has 1 amide bonds. The van der Waals surface area contributed by atoms with Gasteiger partial charge in [0.15, 0.2) is 5.60 Å². The summed E-state index contributed by atoms with van der Waals surface area (Å²) in [5, 5.41) is 19.0. The molecule has 0 aromatic heterocycles. The number of carboxylic acid groups (broad SMARTS) is 1. The molecule has 142 valence electrons. The van der Waals surface area contributed by atoms with Gasteiger partial charge in [-0.1, -0.05) is 0 Å². The van der Waals surface area contributed by atoms with Crippen LogP contribution in [0.25, 0.3) is 0 Å². The first kappa shape index (κ1) is 18.7. The first-order chi connectivity index (χ1) is 12.1. The van der Waals surface area contributed by atoms with Crippen molar-refractivity contribution >= 4 is 27.6 Å². The number of benzene rings is 1. The summed E-state index contributed by atoms with van der Waals surface area (Å²) in [5.41, 5.74) is 0.0865. The van der Waals surface area contributed by atoms with Gasteiger partial charge in [0.1, 0.15) is 0 Å². The topological polar surface area (TPSA) is 115 Å². The van der Waals surface area contributed by atoms with Crippen LogP contribution in [0.2, 0.25) is 0 Å². The Kier molecular flexibility index (Phi) is 4.70. The number of carbonyl (C=O) groups excluding carboxylic acids is 1. The van der Waals surface area contributed by atoms with Crippen LogP contribution >= 0.6 is 0 Å². The van der Waals surface area contributed by atoms with E-state index >= 15 is 0 Å². The summed E-state index contributed by atoms with van der Waals surface area (Å²) in [5.74, 6) is -1.50. The smallest absolute Gasteiger partial charge is 0.335 e. The summed E-state index contributed by atoms with van der Waals surface area (Å²) in [6, 6.07) is 4.97. The molecule has 0 saturated carbocycles. The number of aliphatic hydroxyl groups is 1. The van der Waals surface area contributed by atoms with E-state index in [1.807, 2.05) is 0 Å². The third kappa shape index (κ3) is 3.41. The average Bonchev–Trinajstić information content (AvgIpc) is 2.60. The predicted molar refractivity (Wildman–Crippen MR) is 94.7 cm³/mol. The van der Waals surface area contributed by atoms with E-state index in [1.165, 1.54) is 15.5 Å². The molecule has 1 fully saturated rings. The molecule has 1 saturated heterocycles. The molecule has 0 spiro atoms. The molecule has 9 heteroatoms. The van der Waals surface area contributed by atoms with Crippen LogP contribution in [0, 0.1) is 0 Å². The number of hydrogen-bond acceptors (Lipinski definition) is 5. The summed E-state index contributed by atoms with van der Waals surface area (Å²) in [4.78, 5) is 25.3. The number of nitrogens with zero attached hydrogens (tertiary/aromatic N) is 2. The predicted octanol–water partition coefficient (Wildman–Crippen LogP) is 0.450. The number of piperidine rings is 1. The molecule has 2 aliphatic heterocycles. The van der Waals surface area contributed by atoms with E-state index in [-0.39, 0.29) is 31.8 Å². The fourth-order valence-corrected chi connectivity index (χ4v) is 4.51. The van der Waals surface area contributed by atoms with Gasteiger partial charge in [-0.3, -0.25) is 9.10 Å². The molecule has 0 bridgehead atoms. The van der Waals surface area contributed by atoms with Gasteiger partial charge in [-0.25, -0.2) is 13.2 Å². The van der Waals surface area contributed by atoms with Crippen LogP contribution in [0.1, 0.15) is 35.2 Å². The minimum absolute atomic E-state index is 0.0130. The summed E-state index contributed by atoms with van der Waals surface area (Å²) in [6.45, 7) is 0.751. The lowest BCUT2D eigenvalue weighted by molar-refractivity contribution is -0.162. The van der Waals surface area contributed by atoms with Crippen LogP contribution in [-0.4, -0.2) is 66.9 Å². The fraction of sp³-hybridized carbons (Fsp3) is 0.529. The zero-order valence-electron chi connectivity index (χ0n) is 14.5. The van der Waals surface area contributed by atoms with E-state index in [0.29, 0.717) is 30.6 Å². The number of anilines is 1. The number of fused-ring (bicyclic) bond motifs is 1. The van der Waals surface area contributed by atoms with Gasteiger partial charge >= 0.3 is 5.97 Å². The average molecular weight is 382 g/mol. The normalized spacial score (nSPS) is 19.8. The Bertz CT molecular complexity index is 843. The number of aliphatic carboxylic acids is 1. The van der Waals surface area contributed by atoms with E-state index < -0.39 is 21.6 Å². The second-order valence-electron chi connectivity index (χ2n) is 6.91. The first-order valence-electron chi connectivity index (χ1n) is 8.47. The Morgan fingerprint density at radius 3 is 2.38 bits per heavy atom.